The predicted molar refractivity (Wildman–Crippen MR) is 116 cm³/mol. The molecule has 0 saturated carbocycles. The molecule has 0 spiro atoms. The van der Waals surface area contributed by atoms with Crippen molar-refractivity contribution in [2.75, 3.05) is 11.6 Å². The third kappa shape index (κ3) is 5.63. The van der Waals surface area contributed by atoms with Gasteiger partial charge in [-0.25, -0.2) is 4.21 Å². The van der Waals surface area contributed by atoms with E-state index in [1.165, 1.54) is 25.6 Å². The van der Waals surface area contributed by atoms with Crippen molar-refractivity contribution in [1.82, 2.24) is 4.98 Å². The molecule has 2 amide bonds. The zero-order valence-corrected chi connectivity index (χ0v) is 17.3. The summed E-state index contributed by atoms with van der Waals surface area (Å²) in [5.74, 6) is 5.14. The maximum Gasteiger partial charge on any atom is 0.286 e. The number of benzene rings is 2. The molecule has 3 aromatic rings. The molecule has 0 aliphatic rings. The largest absolute Gasteiger partial charge is 0.326 e. The van der Waals surface area contributed by atoms with Crippen molar-refractivity contribution in [2.24, 2.45) is 4.36 Å². The molecule has 1 heterocycles. The van der Waals surface area contributed by atoms with Gasteiger partial charge in [0.1, 0.15) is 0 Å². The summed E-state index contributed by atoms with van der Waals surface area (Å²) in [6, 6.07) is 17.3. The molecule has 150 valence electrons. The smallest absolute Gasteiger partial charge is 0.286 e. The lowest BCUT2D eigenvalue weighted by Crippen LogP contribution is -2.05. The van der Waals surface area contributed by atoms with Crippen molar-refractivity contribution < 1.29 is 13.8 Å². The molecular formula is C23H19N3O3S. The molecule has 0 aliphatic carbocycles. The van der Waals surface area contributed by atoms with Gasteiger partial charge in [-0.3, -0.25) is 14.6 Å². The number of carbonyl (C=O) groups excluding carboxylic acids is 2. The molecule has 30 heavy (non-hydrogen) atoms. The van der Waals surface area contributed by atoms with Crippen molar-refractivity contribution in [3.8, 4) is 11.8 Å². The molecule has 0 fully saturated rings. The molecular weight excluding hydrogens is 398 g/mol. The van der Waals surface area contributed by atoms with Gasteiger partial charge in [-0.1, -0.05) is 36.1 Å². The molecule has 0 aliphatic heterocycles. The zero-order chi connectivity index (χ0) is 21.6. The van der Waals surface area contributed by atoms with E-state index in [9.17, 15) is 13.8 Å². The maximum atomic E-state index is 12.8. The first kappa shape index (κ1) is 21.0. The van der Waals surface area contributed by atoms with Crippen molar-refractivity contribution in [2.45, 2.75) is 11.8 Å². The van der Waals surface area contributed by atoms with E-state index in [0.717, 1.165) is 0 Å². The summed E-state index contributed by atoms with van der Waals surface area (Å²) in [5.41, 5.74) is 2.07. The van der Waals surface area contributed by atoms with E-state index in [0.29, 0.717) is 21.7 Å². The topological polar surface area (TPSA) is 88.5 Å². The highest BCUT2D eigenvalue weighted by molar-refractivity contribution is 7.93. The summed E-state index contributed by atoms with van der Waals surface area (Å²) < 4.78 is 16.7. The molecule has 3 rings (SSSR count). The van der Waals surface area contributed by atoms with Gasteiger partial charge in [0.15, 0.2) is 0 Å². The summed E-state index contributed by atoms with van der Waals surface area (Å²) in [7, 11) is -2.86. The Morgan fingerprint density at radius 3 is 2.43 bits per heavy atom. The average Bonchev–Trinajstić information content (AvgIpc) is 2.73. The van der Waals surface area contributed by atoms with Crippen molar-refractivity contribution >= 4 is 27.2 Å². The Bertz CT molecular complexity index is 1280. The molecule has 1 aromatic heterocycles. The molecule has 6 nitrogen and oxygen atoms in total. The number of amides is 2. The Kier molecular flexibility index (Phi) is 6.40. The van der Waals surface area contributed by atoms with Gasteiger partial charge in [-0.15, -0.1) is 0 Å². The second-order valence-corrected chi connectivity index (χ2v) is 8.75. The summed E-state index contributed by atoms with van der Waals surface area (Å²) in [4.78, 5) is 28.2. The molecule has 1 N–H and O–H groups in total. The first-order chi connectivity index (χ1) is 14.3. The Hall–Kier alpha value is -3.76. The number of rotatable bonds is 3. The quantitative estimate of drug-likeness (QED) is 0.658. The Morgan fingerprint density at radius 1 is 0.967 bits per heavy atom. The third-order valence-electron chi connectivity index (χ3n) is 3.96. The van der Waals surface area contributed by atoms with Crippen LogP contribution in [-0.2, 0) is 14.5 Å². The second-order valence-electron chi connectivity index (χ2n) is 6.49. The van der Waals surface area contributed by atoms with Crippen LogP contribution in [0.5, 0.6) is 0 Å². The van der Waals surface area contributed by atoms with Crippen molar-refractivity contribution in [3.63, 3.8) is 0 Å². The highest BCUT2D eigenvalue weighted by atomic mass is 32.2. The zero-order valence-electron chi connectivity index (χ0n) is 16.5. The van der Waals surface area contributed by atoms with Crippen LogP contribution in [0.15, 0.2) is 82.3 Å². The lowest BCUT2D eigenvalue weighted by atomic mass is 10.1. The van der Waals surface area contributed by atoms with Gasteiger partial charge in [0.2, 0.25) is 5.91 Å². The van der Waals surface area contributed by atoms with E-state index in [1.807, 2.05) is 6.07 Å². The van der Waals surface area contributed by atoms with Crippen LogP contribution in [0, 0.1) is 11.8 Å². The number of aromatic nitrogens is 1. The third-order valence-corrected chi connectivity index (χ3v) is 5.62. The lowest BCUT2D eigenvalue weighted by Gasteiger charge is -2.03. The van der Waals surface area contributed by atoms with Crippen LogP contribution in [0.25, 0.3) is 0 Å². The van der Waals surface area contributed by atoms with Gasteiger partial charge in [0.05, 0.1) is 15.3 Å². The normalized spacial score (nSPS) is 12.1. The van der Waals surface area contributed by atoms with Gasteiger partial charge in [-0.2, -0.15) is 4.36 Å². The number of anilines is 1. The number of hydrogen-bond donors (Lipinski definition) is 1. The maximum absolute atomic E-state index is 12.8. The summed E-state index contributed by atoms with van der Waals surface area (Å²) >= 11 is 0. The molecule has 1 atom stereocenters. The first-order valence-corrected chi connectivity index (χ1v) is 10.9. The number of pyridine rings is 1. The van der Waals surface area contributed by atoms with Gasteiger partial charge < -0.3 is 5.32 Å². The van der Waals surface area contributed by atoms with E-state index in [2.05, 4.69) is 26.5 Å². The van der Waals surface area contributed by atoms with Gasteiger partial charge in [0.25, 0.3) is 5.91 Å². The van der Waals surface area contributed by atoms with Crippen molar-refractivity contribution in [1.29, 1.82) is 0 Å². The van der Waals surface area contributed by atoms with Gasteiger partial charge in [-0.05, 0) is 36.4 Å². The van der Waals surface area contributed by atoms with Crippen LogP contribution in [0.3, 0.4) is 0 Å². The number of carbonyl (C=O) groups is 2. The SMILES string of the molecule is CC(=O)Nc1cccc(C#Cc2cncc(C(=O)N=S(C)(=O)c3ccccc3)c2)c1. The van der Waals surface area contributed by atoms with E-state index in [1.54, 1.807) is 54.6 Å². The minimum absolute atomic E-state index is 0.165. The van der Waals surface area contributed by atoms with Crippen LogP contribution in [0.4, 0.5) is 5.69 Å². The highest BCUT2D eigenvalue weighted by Gasteiger charge is 2.11. The van der Waals surface area contributed by atoms with Gasteiger partial charge in [0, 0.05) is 47.3 Å². The average molecular weight is 417 g/mol. The Labute approximate surface area is 175 Å². The van der Waals surface area contributed by atoms with Crippen molar-refractivity contribution in [3.05, 3.63) is 89.7 Å². The molecule has 0 saturated heterocycles. The summed E-state index contributed by atoms with van der Waals surface area (Å²) in [5, 5.41) is 2.70. The predicted octanol–water partition coefficient (Wildman–Crippen LogP) is 3.74. The Balaban J connectivity index is 1.85. The van der Waals surface area contributed by atoms with Crippen LogP contribution < -0.4 is 5.32 Å². The highest BCUT2D eigenvalue weighted by Crippen LogP contribution is 2.14. The van der Waals surface area contributed by atoms with Crippen LogP contribution in [-0.4, -0.2) is 27.3 Å². The van der Waals surface area contributed by atoms with Crippen LogP contribution in [0.2, 0.25) is 0 Å². The van der Waals surface area contributed by atoms with Crippen LogP contribution >= 0.6 is 0 Å². The van der Waals surface area contributed by atoms with Gasteiger partial charge >= 0.3 is 0 Å². The van der Waals surface area contributed by atoms with E-state index >= 15 is 0 Å². The summed E-state index contributed by atoms with van der Waals surface area (Å²) in [6.45, 7) is 1.43. The van der Waals surface area contributed by atoms with E-state index < -0.39 is 15.6 Å². The van der Waals surface area contributed by atoms with Crippen LogP contribution in [0.1, 0.15) is 28.4 Å². The number of nitrogens with one attached hydrogen (secondary N) is 1. The fourth-order valence-corrected chi connectivity index (χ4v) is 3.77. The molecule has 0 radical (unpaired) electrons. The van der Waals surface area contributed by atoms with E-state index in [-0.39, 0.29) is 11.5 Å². The number of hydrogen-bond acceptors (Lipinski definition) is 4. The number of nitrogens with zero attached hydrogens (tertiary/aromatic N) is 2. The molecule has 0 bridgehead atoms. The second kappa shape index (κ2) is 9.16. The molecule has 7 heteroatoms. The Morgan fingerprint density at radius 2 is 1.70 bits per heavy atom. The molecule has 1 unspecified atom stereocenters. The first-order valence-electron chi connectivity index (χ1n) is 9.00. The minimum atomic E-state index is -2.86. The fraction of sp³-hybridized carbons (Fsp3) is 0.0870. The molecule has 2 aromatic carbocycles. The standard InChI is InChI=1S/C23H19N3O3S/c1-17(27)25-21-8-6-7-18(14-21)11-12-19-13-20(16-24-15-19)23(28)26-30(2,29)22-9-4-3-5-10-22/h3-10,13-16H,1-2H3,(H,25,27). The lowest BCUT2D eigenvalue weighted by molar-refractivity contribution is -0.114. The fourth-order valence-electron chi connectivity index (χ4n) is 2.58. The minimum Gasteiger partial charge on any atom is -0.326 e. The van der Waals surface area contributed by atoms with E-state index in [4.69, 9.17) is 0 Å². The monoisotopic (exact) mass is 417 g/mol. The summed E-state index contributed by atoms with van der Waals surface area (Å²) in [6.07, 6.45) is 4.33.